The van der Waals surface area contributed by atoms with Gasteiger partial charge in [0.2, 0.25) is 0 Å². The normalized spacial score (nSPS) is 18.7. The first-order valence-corrected chi connectivity index (χ1v) is 8.64. The maximum absolute atomic E-state index is 12.0. The summed E-state index contributed by atoms with van der Waals surface area (Å²) in [7, 11) is 0. The van der Waals surface area contributed by atoms with Gasteiger partial charge in [-0.1, -0.05) is 30.3 Å². The predicted octanol–water partition coefficient (Wildman–Crippen LogP) is 3.11. The molecular weight excluding hydrogens is 310 g/mol. The Bertz CT molecular complexity index is 641. The second-order valence-corrected chi connectivity index (χ2v) is 7.01. The van der Waals surface area contributed by atoms with Crippen LogP contribution in [-0.2, 0) is 16.0 Å². The van der Waals surface area contributed by atoms with E-state index in [2.05, 4.69) is 29.2 Å². The van der Waals surface area contributed by atoms with Crippen LogP contribution in [0.3, 0.4) is 0 Å². The maximum atomic E-state index is 12.0. The number of aryl methyl sites for hydroxylation is 1. The SMILES string of the molecule is Cc1ccc(C(=O)OCC2CN(Cc3ccccc3)CCO2)s1. The first-order chi connectivity index (χ1) is 11.2. The minimum Gasteiger partial charge on any atom is -0.459 e. The monoisotopic (exact) mass is 331 g/mol. The van der Waals surface area contributed by atoms with Crippen LogP contribution in [0.1, 0.15) is 20.1 Å². The number of morpholine rings is 1. The topological polar surface area (TPSA) is 38.8 Å². The van der Waals surface area contributed by atoms with Crippen LogP contribution in [0.5, 0.6) is 0 Å². The number of rotatable bonds is 5. The highest BCUT2D eigenvalue weighted by Gasteiger charge is 2.22. The Labute approximate surface area is 140 Å². The van der Waals surface area contributed by atoms with Crippen LogP contribution in [0.25, 0.3) is 0 Å². The van der Waals surface area contributed by atoms with Crippen LogP contribution in [-0.4, -0.2) is 43.3 Å². The molecule has 2 heterocycles. The van der Waals surface area contributed by atoms with Gasteiger partial charge < -0.3 is 9.47 Å². The minimum absolute atomic E-state index is 0.0579. The van der Waals surface area contributed by atoms with E-state index in [1.807, 2.05) is 25.1 Å². The molecule has 0 N–H and O–H groups in total. The zero-order chi connectivity index (χ0) is 16.1. The summed E-state index contributed by atoms with van der Waals surface area (Å²) in [5.74, 6) is -0.258. The van der Waals surface area contributed by atoms with Gasteiger partial charge in [0.25, 0.3) is 0 Å². The lowest BCUT2D eigenvalue weighted by molar-refractivity contribution is -0.0611. The number of carbonyl (C=O) groups excluding carboxylic acids is 1. The average Bonchev–Trinajstić information content (AvgIpc) is 3.01. The first-order valence-electron chi connectivity index (χ1n) is 7.82. The van der Waals surface area contributed by atoms with Crippen molar-refractivity contribution in [1.82, 2.24) is 4.90 Å². The highest BCUT2D eigenvalue weighted by molar-refractivity contribution is 7.13. The summed E-state index contributed by atoms with van der Waals surface area (Å²) < 4.78 is 11.1. The van der Waals surface area contributed by atoms with E-state index < -0.39 is 0 Å². The van der Waals surface area contributed by atoms with E-state index in [0.717, 1.165) is 24.5 Å². The third-order valence-corrected chi connectivity index (χ3v) is 4.79. The van der Waals surface area contributed by atoms with Crippen LogP contribution in [0.15, 0.2) is 42.5 Å². The quantitative estimate of drug-likeness (QED) is 0.789. The van der Waals surface area contributed by atoms with E-state index in [4.69, 9.17) is 9.47 Å². The van der Waals surface area contributed by atoms with Gasteiger partial charge in [-0.3, -0.25) is 4.90 Å². The zero-order valence-electron chi connectivity index (χ0n) is 13.2. The number of thiophene rings is 1. The smallest absolute Gasteiger partial charge is 0.348 e. The van der Waals surface area contributed by atoms with Crippen LogP contribution >= 0.6 is 11.3 Å². The summed E-state index contributed by atoms with van der Waals surface area (Å²) in [4.78, 5) is 16.1. The molecule has 1 aliphatic heterocycles. The van der Waals surface area contributed by atoms with Crippen LogP contribution in [0, 0.1) is 6.92 Å². The van der Waals surface area contributed by atoms with Crippen molar-refractivity contribution in [3.05, 3.63) is 57.8 Å². The number of nitrogens with zero attached hydrogens (tertiary/aromatic N) is 1. The van der Waals surface area contributed by atoms with Crippen LogP contribution in [0.2, 0.25) is 0 Å². The molecular formula is C18H21NO3S. The van der Waals surface area contributed by atoms with Crippen LogP contribution < -0.4 is 0 Å². The van der Waals surface area contributed by atoms with Gasteiger partial charge in [-0.2, -0.15) is 0 Å². The number of esters is 1. The average molecular weight is 331 g/mol. The van der Waals surface area contributed by atoms with Gasteiger partial charge in [0.05, 0.1) is 6.61 Å². The van der Waals surface area contributed by atoms with Crippen molar-refractivity contribution < 1.29 is 14.3 Å². The van der Waals surface area contributed by atoms with Crippen molar-refractivity contribution in [2.24, 2.45) is 0 Å². The summed E-state index contributed by atoms with van der Waals surface area (Å²) in [6.45, 7) is 5.55. The van der Waals surface area contributed by atoms with Crippen molar-refractivity contribution in [3.63, 3.8) is 0 Å². The molecule has 4 nitrogen and oxygen atoms in total. The van der Waals surface area contributed by atoms with Crippen molar-refractivity contribution in [2.45, 2.75) is 19.6 Å². The molecule has 0 radical (unpaired) electrons. The fourth-order valence-electron chi connectivity index (χ4n) is 2.65. The summed E-state index contributed by atoms with van der Waals surface area (Å²) in [5, 5.41) is 0. The molecule has 1 aliphatic rings. The molecule has 1 unspecified atom stereocenters. The lowest BCUT2D eigenvalue weighted by Gasteiger charge is -2.32. The Balaban J connectivity index is 1.48. The molecule has 0 bridgehead atoms. The van der Waals surface area contributed by atoms with E-state index in [1.54, 1.807) is 0 Å². The van der Waals surface area contributed by atoms with E-state index in [1.165, 1.54) is 16.9 Å². The van der Waals surface area contributed by atoms with Gasteiger partial charge in [0.15, 0.2) is 0 Å². The largest absolute Gasteiger partial charge is 0.459 e. The summed E-state index contributed by atoms with van der Waals surface area (Å²) in [5.41, 5.74) is 1.29. The van der Waals surface area contributed by atoms with E-state index >= 15 is 0 Å². The minimum atomic E-state index is -0.258. The van der Waals surface area contributed by atoms with Gasteiger partial charge in [0, 0.05) is 24.5 Å². The third-order valence-electron chi connectivity index (χ3n) is 3.81. The van der Waals surface area contributed by atoms with Gasteiger partial charge in [-0.25, -0.2) is 4.79 Å². The van der Waals surface area contributed by atoms with Crippen molar-refractivity contribution in [2.75, 3.05) is 26.3 Å². The second kappa shape index (κ2) is 7.73. The van der Waals surface area contributed by atoms with Gasteiger partial charge in [-0.05, 0) is 24.6 Å². The van der Waals surface area contributed by atoms with Crippen LogP contribution in [0.4, 0.5) is 0 Å². The molecule has 2 aromatic rings. The predicted molar refractivity (Wildman–Crippen MR) is 90.8 cm³/mol. The zero-order valence-corrected chi connectivity index (χ0v) is 14.1. The van der Waals surface area contributed by atoms with Gasteiger partial charge >= 0.3 is 5.97 Å². The lowest BCUT2D eigenvalue weighted by Crippen LogP contribution is -2.44. The molecule has 1 aromatic carbocycles. The molecule has 1 saturated heterocycles. The molecule has 0 aliphatic carbocycles. The first kappa shape index (κ1) is 16.2. The Morgan fingerprint density at radius 2 is 2.13 bits per heavy atom. The van der Waals surface area contributed by atoms with Crippen molar-refractivity contribution in [3.8, 4) is 0 Å². The molecule has 0 saturated carbocycles. The molecule has 0 spiro atoms. The van der Waals surface area contributed by atoms with E-state index in [0.29, 0.717) is 18.1 Å². The fourth-order valence-corrected chi connectivity index (χ4v) is 3.41. The molecule has 5 heteroatoms. The lowest BCUT2D eigenvalue weighted by atomic mass is 10.2. The van der Waals surface area contributed by atoms with E-state index in [9.17, 15) is 4.79 Å². The molecule has 3 rings (SSSR count). The molecule has 0 amide bonds. The third kappa shape index (κ3) is 4.64. The number of benzene rings is 1. The second-order valence-electron chi connectivity index (χ2n) is 5.72. The fraction of sp³-hybridized carbons (Fsp3) is 0.389. The highest BCUT2D eigenvalue weighted by Crippen LogP contribution is 2.17. The number of hydrogen-bond donors (Lipinski definition) is 0. The Hall–Kier alpha value is -1.69. The molecule has 1 atom stereocenters. The van der Waals surface area contributed by atoms with Gasteiger partial charge in [0.1, 0.15) is 17.6 Å². The standard InChI is InChI=1S/C18H21NO3S/c1-14-7-8-17(23-14)18(20)22-13-16-12-19(9-10-21-16)11-15-5-3-2-4-6-15/h2-8,16H,9-13H2,1H3. The maximum Gasteiger partial charge on any atom is 0.348 e. The van der Waals surface area contributed by atoms with E-state index in [-0.39, 0.29) is 12.1 Å². The molecule has 1 aromatic heterocycles. The Morgan fingerprint density at radius 3 is 2.87 bits per heavy atom. The number of carbonyl (C=O) groups is 1. The summed E-state index contributed by atoms with van der Waals surface area (Å²) in [6, 6.07) is 14.1. The Morgan fingerprint density at radius 1 is 1.30 bits per heavy atom. The highest BCUT2D eigenvalue weighted by atomic mass is 32.1. The Kier molecular flexibility index (Phi) is 5.43. The molecule has 23 heavy (non-hydrogen) atoms. The van der Waals surface area contributed by atoms with Crippen molar-refractivity contribution >= 4 is 17.3 Å². The molecule has 122 valence electrons. The summed E-state index contributed by atoms with van der Waals surface area (Å²) in [6.07, 6.45) is -0.0579. The number of hydrogen-bond acceptors (Lipinski definition) is 5. The number of ether oxygens (including phenoxy) is 2. The summed E-state index contributed by atoms with van der Waals surface area (Å²) >= 11 is 1.46. The van der Waals surface area contributed by atoms with Crippen molar-refractivity contribution in [1.29, 1.82) is 0 Å². The molecule has 1 fully saturated rings. The van der Waals surface area contributed by atoms with Gasteiger partial charge in [-0.15, -0.1) is 11.3 Å².